The first kappa shape index (κ1) is 12.8. The third kappa shape index (κ3) is 4.96. The summed E-state index contributed by atoms with van der Waals surface area (Å²) in [4.78, 5) is 3.79. The minimum Gasteiger partial charge on any atom is -0.364 e. The summed E-state index contributed by atoms with van der Waals surface area (Å²) in [5.41, 5.74) is 0. The number of aromatic nitrogens is 2. The van der Waals surface area contributed by atoms with Crippen molar-refractivity contribution in [3.05, 3.63) is 5.82 Å². The van der Waals surface area contributed by atoms with Crippen molar-refractivity contribution in [1.82, 2.24) is 10.1 Å². The van der Waals surface area contributed by atoms with Gasteiger partial charge in [0.05, 0.1) is 0 Å². The standard InChI is InChI=1S/C8H12F3N3O2/c1-2-3-12-7-13-6(14-16-7)4-15-5-8(9,10)11/h2-5H2,1H3,(H,12,13,14). The Morgan fingerprint density at radius 1 is 1.44 bits per heavy atom. The molecule has 0 saturated carbocycles. The van der Waals surface area contributed by atoms with Crippen molar-refractivity contribution in [2.75, 3.05) is 18.5 Å². The van der Waals surface area contributed by atoms with Crippen molar-refractivity contribution < 1.29 is 22.4 Å². The Morgan fingerprint density at radius 3 is 2.81 bits per heavy atom. The Bertz CT molecular complexity index is 314. The molecule has 92 valence electrons. The molecule has 1 rings (SSSR count). The third-order valence-electron chi connectivity index (χ3n) is 1.49. The van der Waals surface area contributed by atoms with E-state index in [1.54, 1.807) is 0 Å². The number of hydrogen-bond donors (Lipinski definition) is 1. The number of nitrogens with zero attached hydrogens (tertiary/aromatic N) is 2. The van der Waals surface area contributed by atoms with Gasteiger partial charge in [-0.3, -0.25) is 0 Å². The average molecular weight is 239 g/mol. The van der Waals surface area contributed by atoms with E-state index in [-0.39, 0.29) is 18.4 Å². The maximum absolute atomic E-state index is 11.7. The predicted octanol–water partition coefficient (Wildman–Crippen LogP) is 1.97. The van der Waals surface area contributed by atoms with Gasteiger partial charge in [-0.1, -0.05) is 12.1 Å². The van der Waals surface area contributed by atoms with Crippen LogP contribution in [0.1, 0.15) is 19.2 Å². The molecule has 0 fully saturated rings. The molecule has 0 unspecified atom stereocenters. The highest BCUT2D eigenvalue weighted by Crippen LogP contribution is 2.15. The van der Waals surface area contributed by atoms with Crippen molar-refractivity contribution in [3.63, 3.8) is 0 Å². The van der Waals surface area contributed by atoms with E-state index >= 15 is 0 Å². The Morgan fingerprint density at radius 2 is 2.19 bits per heavy atom. The Hall–Kier alpha value is -1.31. The Kier molecular flexibility index (Phi) is 4.53. The van der Waals surface area contributed by atoms with Gasteiger partial charge >= 0.3 is 12.2 Å². The molecule has 8 heteroatoms. The van der Waals surface area contributed by atoms with Crippen LogP contribution in [0.2, 0.25) is 0 Å². The van der Waals surface area contributed by atoms with Gasteiger partial charge in [0.2, 0.25) is 0 Å². The quantitative estimate of drug-likeness (QED) is 0.822. The first-order valence-electron chi connectivity index (χ1n) is 4.72. The molecule has 0 radical (unpaired) electrons. The third-order valence-corrected chi connectivity index (χ3v) is 1.49. The molecule has 1 aromatic heterocycles. The predicted molar refractivity (Wildman–Crippen MR) is 48.8 cm³/mol. The summed E-state index contributed by atoms with van der Waals surface area (Å²) in [5, 5.41) is 6.25. The molecule has 1 aromatic rings. The molecule has 1 N–H and O–H groups in total. The number of alkyl halides is 3. The molecule has 1 heterocycles. The molecule has 16 heavy (non-hydrogen) atoms. The summed E-state index contributed by atoms with van der Waals surface area (Å²) in [6, 6.07) is 0.187. The van der Waals surface area contributed by atoms with Crippen LogP contribution < -0.4 is 5.32 Å². The second kappa shape index (κ2) is 5.69. The van der Waals surface area contributed by atoms with Gasteiger partial charge in [0.15, 0.2) is 5.82 Å². The van der Waals surface area contributed by atoms with E-state index in [1.807, 2.05) is 6.92 Å². The van der Waals surface area contributed by atoms with Crippen LogP contribution in [-0.2, 0) is 11.3 Å². The zero-order valence-corrected chi connectivity index (χ0v) is 8.67. The normalized spacial score (nSPS) is 11.8. The summed E-state index contributed by atoms with van der Waals surface area (Å²) in [5.74, 6) is 0.0860. The minimum atomic E-state index is -4.34. The fourth-order valence-electron chi connectivity index (χ4n) is 0.874. The second-order valence-electron chi connectivity index (χ2n) is 3.05. The van der Waals surface area contributed by atoms with Gasteiger partial charge < -0.3 is 14.6 Å². The van der Waals surface area contributed by atoms with E-state index in [4.69, 9.17) is 4.52 Å². The number of nitrogens with one attached hydrogen (secondary N) is 1. The number of rotatable bonds is 6. The zero-order chi connectivity index (χ0) is 12.0. The molecule has 0 aliphatic rings. The van der Waals surface area contributed by atoms with Crippen molar-refractivity contribution in [3.8, 4) is 0 Å². The molecule has 0 saturated heterocycles. The SMILES string of the molecule is CCCNc1nc(COCC(F)(F)F)no1. The molecular formula is C8H12F3N3O2. The largest absolute Gasteiger partial charge is 0.411 e. The molecule has 0 bridgehead atoms. The van der Waals surface area contributed by atoms with Gasteiger partial charge in [-0.25, -0.2) is 0 Å². The molecule has 0 spiro atoms. The first-order chi connectivity index (χ1) is 7.51. The first-order valence-corrected chi connectivity index (χ1v) is 4.72. The number of anilines is 1. The van der Waals surface area contributed by atoms with E-state index < -0.39 is 12.8 Å². The summed E-state index contributed by atoms with van der Waals surface area (Å²) >= 11 is 0. The average Bonchev–Trinajstić information content (AvgIpc) is 2.61. The summed E-state index contributed by atoms with van der Waals surface area (Å²) in [6.45, 7) is 0.970. The lowest BCUT2D eigenvalue weighted by Gasteiger charge is -2.04. The van der Waals surface area contributed by atoms with Gasteiger partial charge in [-0.05, 0) is 6.42 Å². The maximum Gasteiger partial charge on any atom is 0.411 e. The lowest BCUT2D eigenvalue weighted by Crippen LogP contribution is -2.17. The topological polar surface area (TPSA) is 60.2 Å². The monoisotopic (exact) mass is 239 g/mol. The maximum atomic E-state index is 11.7. The molecular weight excluding hydrogens is 227 g/mol. The van der Waals surface area contributed by atoms with Crippen LogP contribution in [0, 0.1) is 0 Å². The van der Waals surface area contributed by atoms with E-state index in [2.05, 4.69) is 20.2 Å². The van der Waals surface area contributed by atoms with Crippen molar-refractivity contribution in [2.24, 2.45) is 0 Å². The Balaban J connectivity index is 2.29. The lowest BCUT2D eigenvalue weighted by atomic mass is 10.5. The minimum absolute atomic E-state index is 0.0860. The number of hydrogen-bond acceptors (Lipinski definition) is 5. The smallest absolute Gasteiger partial charge is 0.364 e. The zero-order valence-electron chi connectivity index (χ0n) is 8.67. The highest BCUT2D eigenvalue weighted by Gasteiger charge is 2.27. The number of halogens is 3. The fourth-order valence-corrected chi connectivity index (χ4v) is 0.874. The van der Waals surface area contributed by atoms with Gasteiger partial charge in [-0.2, -0.15) is 18.2 Å². The van der Waals surface area contributed by atoms with Crippen LogP contribution in [-0.4, -0.2) is 29.5 Å². The van der Waals surface area contributed by atoms with Crippen LogP contribution >= 0.6 is 0 Å². The highest BCUT2D eigenvalue weighted by molar-refractivity contribution is 5.17. The molecule has 0 atom stereocenters. The lowest BCUT2D eigenvalue weighted by molar-refractivity contribution is -0.177. The van der Waals surface area contributed by atoms with Gasteiger partial charge in [-0.15, -0.1) is 0 Å². The van der Waals surface area contributed by atoms with E-state index in [0.29, 0.717) is 6.54 Å². The molecule has 0 aliphatic carbocycles. The van der Waals surface area contributed by atoms with Crippen molar-refractivity contribution in [2.45, 2.75) is 26.1 Å². The molecule has 0 amide bonds. The molecule has 5 nitrogen and oxygen atoms in total. The summed E-state index contributed by atoms with van der Waals surface area (Å²) in [6.07, 6.45) is -3.46. The van der Waals surface area contributed by atoms with Gasteiger partial charge in [0.25, 0.3) is 0 Å². The van der Waals surface area contributed by atoms with Crippen LogP contribution in [0.3, 0.4) is 0 Å². The van der Waals surface area contributed by atoms with Crippen LogP contribution in [0.4, 0.5) is 19.2 Å². The van der Waals surface area contributed by atoms with Crippen molar-refractivity contribution >= 4 is 6.01 Å². The second-order valence-corrected chi connectivity index (χ2v) is 3.05. The van der Waals surface area contributed by atoms with Crippen LogP contribution in [0.5, 0.6) is 0 Å². The Labute approximate surface area is 90.0 Å². The van der Waals surface area contributed by atoms with E-state index in [0.717, 1.165) is 6.42 Å². The van der Waals surface area contributed by atoms with Crippen LogP contribution in [0.15, 0.2) is 4.52 Å². The van der Waals surface area contributed by atoms with Crippen molar-refractivity contribution in [1.29, 1.82) is 0 Å². The van der Waals surface area contributed by atoms with E-state index in [1.165, 1.54) is 0 Å². The van der Waals surface area contributed by atoms with Crippen LogP contribution in [0.25, 0.3) is 0 Å². The van der Waals surface area contributed by atoms with E-state index in [9.17, 15) is 13.2 Å². The summed E-state index contributed by atoms with van der Waals surface area (Å²) in [7, 11) is 0. The molecule has 0 aromatic carbocycles. The number of ether oxygens (including phenoxy) is 1. The fraction of sp³-hybridized carbons (Fsp3) is 0.750. The molecule has 0 aliphatic heterocycles. The summed E-state index contributed by atoms with van der Waals surface area (Å²) < 4.78 is 44.3. The van der Waals surface area contributed by atoms with Gasteiger partial charge in [0, 0.05) is 6.54 Å². The highest BCUT2D eigenvalue weighted by atomic mass is 19.4. The van der Waals surface area contributed by atoms with Gasteiger partial charge in [0.1, 0.15) is 13.2 Å².